The summed E-state index contributed by atoms with van der Waals surface area (Å²) in [6.45, 7) is 5.65. The second-order valence-electron chi connectivity index (χ2n) is 3.41. The van der Waals surface area contributed by atoms with E-state index in [4.69, 9.17) is 0 Å². The summed E-state index contributed by atoms with van der Waals surface area (Å²) in [7, 11) is 0. The molecule has 0 amide bonds. The van der Waals surface area contributed by atoms with Crippen molar-refractivity contribution in [3.8, 4) is 0 Å². The second-order valence-corrected chi connectivity index (χ2v) is 3.41. The molecule has 0 unspecified atom stereocenters. The molecule has 0 aliphatic rings. The Morgan fingerprint density at radius 3 is 2.64 bits per heavy atom. The predicted octanol–water partition coefficient (Wildman–Crippen LogP) is 1.72. The largest absolute Gasteiger partial charge is 0.368 e. The normalized spacial score (nSPS) is 10.9. The molecule has 78 valence electrons. The molecule has 0 N–H and O–H groups in total. The van der Waals surface area contributed by atoms with Gasteiger partial charge in [-0.2, -0.15) is 0 Å². The summed E-state index contributed by atoms with van der Waals surface area (Å²) in [5.74, 6) is 0.0295. The molecule has 6 heteroatoms. The van der Waals surface area contributed by atoms with E-state index >= 15 is 0 Å². The van der Waals surface area contributed by atoms with Crippen LogP contribution < -0.4 is 0 Å². The average molecular weight is 198 g/mol. The Balaban J connectivity index is 3.13. The van der Waals surface area contributed by atoms with Crippen molar-refractivity contribution in [2.75, 3.05) is 0 Å². The summed E-state index contributed by atoms with van der Waals surface area (Å²) < 4.78 is 1.35. The molecule has 0 aliphatic carbocycles. The van der Waals surface area contributed by atoms with E-state index < -0.39 is 4.92 Å². The fourth-order valence-corrected chi connectivity index (χ4v) is 1.26. The van der Waals surface area contributed by atoms with Gasteiger partial charge in [-0.25, -0.2) is 0 Å². The summed E-state index contributed by atoms with van der Waals surface area (Å²) >= 11 is 0. The van der Waals surface area contributed by atoms with E-state index in [1.54, 1.807) is 0 Å². The zero-order valence-electron chi connectivity index (χ0n) is 8.60. The SMILES string of the molecule is CCCc1nnn(C(C)C)c1[N+](=O)[O-]. The van der Waals surface area contributed by atoms with Gasteiger partial charge in [0.1, 0.15) is 6.04 Å². The third-order valence-corrected chi connectivity index (χ3v) is 1.89. The maximum atomic E-state index is 10.8. The highest BCUT2D eigenvalue weighted by Crippen LogP contribution is 2.20. The van der Waals surface area contributed by atoms with Crippen LogP contribution in [0.5, 0.6) is 0 Å². The lowest BCUT2D eigenvalue weighted by Crippen LogP contribution is -2.07. The highest BCUT2D eigenvalue weighted by molar-refractivity contribution is 5.25. The molecule has 0 bridgehead atoms. The van der Waals surface area contributed by atoms with E-state index in [1.165, 1.54) is 4.68 Å². The van der Waals surface area contributed by atoms with Crippen LogP contribution in [-0.4, -0.2) is 19.9 Å². The minimum absolute atomic E-state index is 0.0295. The van der Waals surface area contributed by atoms with Crippen LogP contribution >= 0.6 is 0 Å². The molecule has 1 heterocycles. The van der Waals surface area contributed by atoms with Crippen LogP contribution in [0.3, 0.4) is 0 Å². The van der Waals surface area contributed by atoms with E-state index in [1.807, 2.05) is 20.8 Å². The summed E-state index contributed by atoms with van der Waals surface area (Å²) in [6, 6.07) is -0.0338. The summed E-state index contributed by atoms with van der Waals surface area (Å²) in [4.78, 5) is 10.4. The van der Waals surface area contributed by atoms with Crippen molar-refractivity contribution in [2.45, 2.75) is 39.7 Å². The molecule has 0 aromatic carbocycles. The van der Waals surface area contributed by atoms with E-state index in [2.05, 4.69) is 10.3 Å². The Bertz CT molecular complexity index is 332. The van der Waals surface area contributed by atoms with Crippen molar-refractivity contribution in [1.29, 1.82) is 0 Å². The first-order valence-electron chi connectivity index (χ1n) is 4.66. The van der Waals surface area contributed by atoms with Crippen LogP contribution in [0.25, 0.3) is 0 Å². The van der Waals surface area contributed by atoms with Gasteiger partial charge in [0.15, 0.2) is 5.69 Å². The van der Waals surface area contributed by atoms with Gasteiger partial charge in [-0.05, 0) is 25.2 Å². The molecule has 0 radical (unpaired) electrons. The minimum atomic E-state index is -0.412. The third-order valence-electron chi connectivity index (χ3n) is 1.89. The molecule has 1 aromatic heterocycles. The van der Waals surface area contributed by atoms with E-state index in [-0.39, 0.29) is 11.9 Å². The zero-order valence-corrected chi connectivity index (χ0v) is 8.60. The summed E-state index contributed by atoms with van der Waals surface area (Å²) in [6.07, 6.45) is 1.43. The molecule has 0 spiro atoms. The minimum Gasteiger partial charge on any atom is -0.358 e. The quantitative estimate of drug-likeness (QED) is 0.545. The number of nitro groups is 1. The van der Waals surface area contributed by atoms with Gasteiger partial charge in [-0.3, -0.25) is 0 Å². The summed E-state index contributed by atoms with van der Waals surface area (Å²) in [5, 5.41) is 18.4. The lowest BCUT2D eigenvalue weighted by molar-refractivity contribution is -0.393. The maximum absolute atomic E-state index is 10.8. The van der Waals surface area contributed by atoms with Crippen LogP contribution in [0, 0.1) is 10.1 Å². The van der Waals surface area contributed by atoms with Crippen LogP contribution in [0.2, 0.25) is 0 Å². The lowest BCUT2D eigenvalue weighted by atomic mass is 10.2. The van der Waals surface area contributed by atoms with Gasteiger partial charge in [0.05, 0.1) is 0 Å². The molecule has 0 aliphatic heterocycles. The smallest absolute Gasteiger partial charge is 0.358 e. The highest BCUT2D eigenvalue weighted by atomic mass is 16.6. The Morgan fingerprint density at radius 1 is 1.57 bits per heavy atom. The van der Waals surface area contributed by atoms with Crippen LogP contribution in [0.4, 0.5) is 5.82 Å². The topological polar surface area (TPSA) is 73.8 Å². The number of rotatable bonds is 4. The standard InChI is InChI=1S/C8H14N4O2/c1-4-5-7-8(12(13)14)11(6(2)3)10-9-7/h6H,4-5H2,1-3H3. The van der Waals surface area contributed by atoms with Crippen LogP contribution in [-0.2, 0) is 6.42 Å². The summed E-state index contributed by atoms with van der Waals surface area (Å²) in [5.41, 5.74) is 0.478. The molecular formula is C8H14N4O2. The van der Waals surface area contributed by atoms with Crippen LogP contribution in [0.15, 0.2) is 0 Å². The third kappa shape index (κ3) is 1.89. The van der Waals surface area contributed by atoms with Crippen molar-refractivity contribution in [3.05, 3.63) is 15.8 Å². The van der Waals surface area contributed by atoms with Crippen molar-refractivity contribution in [1.82, 2.24) is 15.0 Å². The number of aryl methyl sites for hydroxylation is 1. The Labute approximate surface area is 82.1 Å². The van der Waals surface area contributed by atoms with Gasteiger partial charge >= 0.3 is 5.82 Å². The fraction of sp³-hybridized carbons (Fsp3) is 0.750. The Kier molecular flexibility index (Phi) is 3.16. The molecule has 0 atom stereocenters. The number of aromatic nitrogens is 3. The molecule has 1 aromatic rings. The number of hydrogen-bond acceptors (Lipinski definition) is 4. The Morgan fingerprint density at radius 2 is 2.21 bits per heavy atom. The molecule has 1 rings (SSSR count). The maximum Gasteiger partial charge on any atom is 0.368 e. The first-order chi connectivity index (χ1) is 6.57. The van der Waals surface area contributed by atoms with Gasteiger partial charge in [-0.1, -0.05) is 13.3 Å². The van der Waals surface area contributed by atoms with Crippen molar-refractivity contribution in [3.63, 3.8) is 0 Å². The average Bonchev–Trinajstić information content (AvgIpc) is 2.48. The van der Waals surface area contributed by atoms with E-state index in [0.717, 1.165) is 6.42 Å². The molecule has 0 fully saturated rings. The molecule has 14 heavy (non-hydrogen) atoms. The van der Waals surface area contributed by atoms with Crippen molar-refractivity contribution >= 4 is 5.82 Å². The number of nitrogens with zero attached hydrogens (tertiary/aromatic N) is 4. The lowest BCUT2D eigenvalue weighted by Gasteiger charge is -2.01. The van der Waals surface area contributed by atoms with Crippen molar-refractivity contribution < 1.29 is 4.92 Å². The van der Waals surface area contributed by atoms with Gasteiger partial charge in [0.2, 0.25) is 0 Å². The van der Waals surface area contributed by atoms with E-state index in [0.29, 0.717) is 12.1 Å². The molecule has 0 saturated carbocycles. The molecular weight excluding hydrogens is 184 g/mol. The van der Waals surface area contributed by atoms with E-state index in [9.17, 15) is 10.1 Å². The first-order valence-corrected chi connectivity index (χ1v) is 4.66. The van der Waals surface area contributed by atoms with Crippen molar-refractivity contribution in [2.24, 2.45) is 0 Å². The Hall–Kier alpha value is -1.46. The monoisotopic (exact) mass is 198 g/mol. The van der Waals surface area contributed by atoms with Gasteiger partial charge in [0, 0.05) is 5.21 Å². The van der Waals surface area contributed by atoms with Gasteiger partial charge in [0.25, 0.3) is 0 Å². The zero-order chi connectivity index (χ0) is 10.7. The van der Waals surface area contributed by atoms with Gasteiger partial charge < -0.3 is 10.1 Å². The van der Waals surface area contributed by atoms with Gasteiger partial charge in [-0.15, -0.1) is 9.78 Å². The van der Waals surface area contributed by atoms with Crippen LogP contribution in [0.1, 0.15) is 38.9 Å². The first kappa shape index (κ1) is 10.6. The molecule has 6 nitrogen and oxygen atoms in total. The number of hydrogen-bond donors (Lipinski definition) is 0. The second kappa shape index (κ2) is 4.17. The predicted molar refractivity (Wildman–Crippen MR) is 51.1 cm³/mol. The highest BCUT2D eigenvalue weighted by Gasteiger charge is 2.24. The fourth-order valence-electron chi connectivity index (χ4n) is 1.26. The molecule has 0 saturated heterocycles.